The molecule has 0 spiro atoms. The fourth-order valence-corrected chi connectivity index (χ4v) is 4.84. The van der Waals surface area contributed by atoms with Crippen molar-refractivity contribution in [3.05, 3.63) is 69.7 Å². The van der Waals surface area contributed by atoms with E-state index in [0.29, 0.717) is 5.92 Å². The summed E-state index contributed by atoms with van der Waals surface area (Å²) in [4.78, 5) is 18.0. The van der Waals surface area contributed by atoms with E-state index in [4.69, 9.17) is 0 Å². The third-order valence-corrected chi connectivity index (χ3v) is 5.77. The maximum atomic E-state index is 4.63. The van der Waals surface area contributed by atoms with Crippen LogP contribution in [0.1, 0.15) is 46.7 Å². The van der Waals surface area contributed by atoms with Crippen molar-refractivity contribution in [1.29, 1.82) is 0 Å². The van der Waals surface area contributed by atoms with Crippen LogP contribution in [0.5, 0.6) is 0 Å². The molecular weight excluding hydrogens is 328 g/mol. The lowest BCUT2D eigenvalue weighted by Crippen LogP contribution is -2.36. The van der Waals surface area contributed by atoms with Gasteiger partial charge in [-0.05, 0) is 36.6 Å². The van der Waals surface area contributed by atoms with Crippen LogP contribution < -0.4 is 0 Å². The van der Waals surface area contributed by atoms with E-state index in [0.717, 1.165) is 37.3 Å². The van der Waals surface area contributed by atoms with Gasteiger partial charge in [-0.3, -0.25) is 9.88 Å². The maximum Gasteiger partial charge on any atom is 0.0971 e. The molecule has 1 aliphatic heterocycles. The molecule has 25 heavy (non-hydrogen) atoms. The monoisotopic (exact) mass is 352 g/mol. The highest BCUT2D eigenvalue weighted by Crippen LogP contribution is 2.34. The van der Waals surface area contributed by atoms with Crippen LogP contribution in [0, 0.1) is 5.92 Å². The highest BCUT2D eigenvalue weighted by atomic mass is 32.1. The minimum absolute atomic E-state index is 0.131. The van der Waals surface area contributed by atoms with Crippen molar-refractivity contribution in [3.8, 4) is 0 Å². The van der Waals surface area contributed by atoms with Crippen LogP contribution in [-0.4, -0.2) is 26.4 Å². The van der Waals surface area contributed by atoms with Gasteiger partial charge in [0.15, 0.2) is 0 Å². The molecule has 1 atom stereocenters. The third kappa shape index (κ3) is 3.53. The van der Waals surface area contributed by atoms with Gasteiger partial charge >= 0.3 is 0 Å². The Morgan fingerprint density at radius 2 is 2.08 bits per heavy atom. The first-order chi connectivity index (χ1) is 12.2. The molecule has 0 bridgehead atoms. The van der Waals surface area contributed by atoms with Crippen molar-refractivity contribution in [2.45, 2.75) is 39.3 Å². The summed E-state index contributed by atoms with van der Waals surface area (Å²) in [6.45, 7) is 6.53. The number of H-pyrrole nitrogens is 1. The molecule has 130 valence electrons. The Morgan fingerprint density at radius 3 is 2.88 bits per heavy atom. The summed E-state index contributed by atoms with van der Waals surface area (Å²) in [5.41, 5.74) is 3.46. The van der Waals surface area contributed by atoms with E-state index in [1.54, 1.807) is 0 Å². The number of hydrogen-bond acceptors (Lipinski definition) is 4. The van der Waals surface area contributed by atoms with Gasteiger partial charge in [-0.15, -0.1) is 11.3 Å². The second-order valence-electron chi connectivity index (χ2n) is 7.11. The van der Waals surface area contributed by atoms with Crippen LogP contribution in [0.15, 0.2) is 42.9 Å². The molecule has 3 aromatic heterocycles. The molecule has 1 N–H and O–H groups in total. The molecule has 0 amide bonds. The van der Waals surface area contributed by atoms with Crippen molar-refractivity contribution >= 4 is 11.3 Å². The van der Waals surface area contributed by atoms with E-state index in [2.05, 4.69) is 58.0 Å². The number of fused-ring (bicyclic) bond motifs is 1. The summed E-state index contributed by atoms with van der Waals surface area (Å²) < 4.78 is 0. The third-order valence-electron chi connectivity index (χ3n) is 4.68. The zero-order valence-corrected chi connectivity index (χ0v) is 15.6. The summed E-state index contributed by atoms with van der Waals surface area (Å²) in [5, 5.41) is 0. The smallest absolute Gasteiger partial charge is 0.0971 e. The summed E-state index contributed by atoms with van der Waals surface area (Å²) in [7, 11) is 0. The van der Waals surface area contributed by atoms with E-state index >= 15 is 0 Å². The van der Waals surface area contributed by atoms with Gasteiger partial charge < -0.3 is 4.98 Å². The number of nitrogens with one attached hydrogen (secondary N) is 1. The van der Waals surface area contributed by atoms with Crippen LogP contribution in [-0.2, 0) is 19.4 Å². The molecule has 4 rings (SSSR count). The molecule has 0 fully saturated rings. The van der Waals surface area contributed by atoms with Gasteiger partial charge in [0.1, 0.15) is 0 Å². The standard InChI is InChI=1S/C20H24N4S/c1-14(2)11-15-6-7-16(25-15)12-24-10-8-17-19(23-13-22-17)20(24)18-5-3-4-9-21-18/h3-7,9,13-14,20H,8,10-12H2,1-2H3,(H,22,23)/t20-/m1/s1. The molecule has 4 nitrogen and oxygen atoms in total. The first kappa shape index (κ1) is 16.5. The fourth-order valence-electron chi connectivity index (χ4n) is 3.58. The van der Waals surface area contributed by atoms with Crippen molar-refractivity contribution in [2.24, 2.45) is 5.92 Å². The van der Waals surface area contributed by atoms with Gasteiger partial charge in [-0.2, -0.15) is 0 Å². The molecule has 4 heterocycles. The predicted molar refractivity (Wildman–Crippen MR) is 102 cm³/mol. The summed E-state index contributed by atoms with van der Waals surface area (Å²) in [6, 6.07) is 10.9. The minimum atomic E-state index is 0.131. The molecule has 0 unspecified atom stereocenters. The van der Waals surface area contributed by atoms with E-state index in [1.807, 2.05) is 29.9 Å². The molecule has 0 saturated carbocycles. The zero-order chi connectivity index (χ0) is 17.2. The lowest BCUT2D eigenvalue weighted by atomic mass is 9.99. The van der Waals surface area contributed by atoms with Gasteiger partial charge in [0.05, 0.1) is 23.8 Å². The average Bonchev–Trinajstić information content (AvgIpc) is 3.24. The second-order valence-corrected chi connectivity index (χ2v) is 8.36. The Morgan fingerprint density at radius 1 is 1.20 bits per heavy atom. The highest BCUT2D eigenvalue weighted by molar-refractivity contribution is 7.11. The van der Waals surface area contributed by atoms with Crippen LogP contribution in [0.25, 0.3) is 0 Å². The van der Waals surface area contributed by atoms with Crippen molar-refractivity contribution in [2.75, 3.05) is 6.54 Å². The predicted octanol–water partition coefficient (Wildman–Crippen LogP) is 4.21. The zero-order valence-electron chi connectivity index (χ0n) is 14.8. The first-order valence-corrected chi connectivity index (χ1v) is 9.77. The largest absolute Gasteiger partial charge is 0.348 e. The van der Waals surface area contributed by atoms with E-state index < -0.39 is 0 Å². The van der Waals surface area contributed by atoms with E-state index in [9.17, 15) is 0 Å². The Kier molecular flexibility index (Phi) is 4.68. The molecule has 5 heteroatoms. The lowest BCUT2D eigenvalue weighted by molar-refractivity contribution is 0.199. The molecule has 1 aliphatic rings. The molecular formula is C20H24N4S. The van der Waals surface area contributed by atoms with E-state index in [-0.39, 0.29) is 6.04 Å². The number of aromatic amines is 1. The number of nitrogens with zero attached hydrogens (tertiary/aromatic N) is 3. The van der Waals surface area contributed by atoms with Crippen LogP contribution >= 0.6 is 11.3 Å². The summed E-state index contributed by atoms with van der Waals surface area (Å²) in [6.07, 6.45) is 5.87. The van der Waals surface area contributed by atoms with Crippen LogP contribution in [0.3, 0.4) is 0 Å². The minimum Gasteiger partial charge on any atom is -0.348 e. The number of imidazole rings is 1. The molecule has 0 saturated heterocycles. The number of thiophene rings is 1. The van der Waals surface area contributed by atoms with Gasteiger partial charge in [0, 0.05) is 41.2 Å². The first-order valence-electron chi connectivity index (χ1n) is 8.95. The van der Waals surface area contributed by atoms with E-state index in [1.165, 1.54) is 15.4 Å². The number of hydrogen-bond donors (Lipinski definition) is 1. The highest BCUT2D eigenvalue weighted by Gasteiger charge is 2.32. The molecule has 0 radical (unpaired) electrons. The van der Waals surface area contributed by atoms with Gasteiger partial charge in [-0.1, -0.05) is 19.9 Å². The number of pyridine rings is 1. The molecule has 0 aliphatic carbocycles. The number of aromatic nitrogens is 3. The Bertz CT molecular complexity index is 821. The van der Waals surface area contributed by atoms with Crippen LogP contribution in [0.4, 0.5) is 0 Å². The Balaban J connectivity index is 1.61. The lowest BCUT2D eigenvalue weighted by Gasteiger charge is -2.34. The fraction of sp³-hybridized carbons (Fsp3) is 0.400. The normalized spacial score (nSPS) is 17.8. The summed E-state index contributed by atoms with van der Waals surface area (Å²) >= 11 is 1.95. The van der Waals surface area contributed by atoms with Crippen molar-refractivity contribution < 1.29 is 0 Å². The maximum absolute atomic E-state index is 4.63. The second kappa shape index (κ2) is 7.10. The Hall–Kier alpha value is -1.98. The summed E-state index contributed by atoms with van der Waals surface area (Å²) in [5.74, 6) is 0.703. The van der Waals surface area contributed by atoms with Crippen molar-refractivity contribution in [3.63, 3.8) is 0 Å². The Labute approximate surface area is 153 Å². The SMILES string of the molecule is CC(C)Cc1ccc(CN2CCc3[nH]cnc3[C@H]2c2ccccn2)s1. The molecule has 3 aromatic rings. The topological polar surface area (TPSA) is 44.8 Å². The van der Waals surface area contributed by atoms with Crippen molar-refractivity contribution in [1.82, 2.24) is 19.9 Å². The van der Waals surface area contributed by atoms with Crippen LogP contribution in [0.2, 0.25) is 0 Å². The quantitative estimate of drug-likeness (QED) is 0.748. The number of rotatable bonds is 5. The average molecular weight is 353 g/mol. The van der Waals surface area contributed by atoms with Gasteiger partial charge in [-0.25, -0.2) is 4.98 Å². The van der Waals surface area contributed by atoms with Gasteiger partial charge in [0.25, 0.3) is 0 Å². The van der Waals surface area contributed by atoms with Gasteiger partial charge in [0.2, 0.25) is 0 Å². The molecule has 0 aromatic carbocycles.